The third-order valence-corrected chi connectivity index (χ3v) is 5.27. The van der Waals surface area contributed by atoms with E-state index in [2.05, 4.69) is 34.9 Å². The van der Waals surface area contributed by atoms with Crippen molar-refractivity contribution >= 4 is 17.5 Å². The predicted molar refractivity (Wildman–Crippen MR) is 111 cm³/mol. The highest BCUT2D eigenvalue weighted by Crippen LogP contribution is 2.49. The minimum atomic E-state index is -0.527. The number of anilines is 2. The average molecular weight is 380 g/mol. The molecule has 0 unspecified atom stereocenters. The van der Waals surface area contributed by atoms with Crippen LogP contribution in [0, 0.1) is 5.92 Å². The molecule has 2 N–H and O–H groups in total. The summed E-state index contributed by atoms with van der Waals surface area (Å²) in [6, 6.07) is 16.7. The molecule has 2 heterocycles. The normalized spacial score (nSPS) is 23.8. The SMILES string of the molecule is CC(C)(C)OC(=O)Nc1ccc2c(c1)[C@H]1OCCC[C@H]1[C@@H](c1ccccc1)N2. The number of amides is 1. The molecule has 0 saturated carbocycles. The number of carbonyl (C=O) groups excluding carboxylic acids is 1. The Labute approximate surface area is 166 Å². The molecule has 5 nitrogen and oxygen atoms in total. The van der Waals surface area contributed by atoms with Gasteiger partial charge < -0.3 is 14.8 Å². The molecule has 4 rings (SSSR count). The number of hydrogen-bond donors (Lipinski definition) is 2. The van der Waals surface area contributed by atoms with Gasteiger partial charge in [0.25, 0.3) is 0 Å². The molecule has 2 aliphatic rings. The maximum atomic E-state index is 12.1. The highest BCUT2D eigenvalue weighted by Gasteiger charge is 2.39. The summed E-state index contributed by atoms with van der Waals surface area (Å²) in [6.45, 7) is 6.33. The van der Waals surface area contributed by atoms with E-state index in [1.54, 1.807) is 0 Å². The lowest BCUT2D eigenvalue weighted by Crippen LogP contribution is -2.36. The Bertz CT molecular complexity index is 845. The van der Waals surface area contributed by atoms with Crippen molar-refractivity contribution in [1.29, 1.82) is 0 Å². The summed E-state index contributed by atoms with van der Waals surface area (Å²) >= 11 is 0. The number of benzene rings is 2. The maximum absolute atomic E-state index is 12.1. The molecule has 1 saturated heterocycles. The molecule has 2 aromatic rings. The van der Waals surface area contributed by atoms with Crippen LogP contribution in [0.25, 0.3) is 0 Å². The van der Waals surface area contributed by atoms with Crippen molar-refractivity contribution in [3.05, 3.63) is 59.7 Å². The molecule has 1 amide bonds. The zero-order valence-electron chi connectivity index (χ0n) is 16.7. The highest BCUT2D eigenvalue weighted by molar-refractivity contribution is 5.85. The fraction of sp³-hybridized carbons (Fsp3) is 0.435. The van der Waals surface area contributed by atoms with Gasteiger partial charge >= 0.3 is 6.09 Å². The van der Waals surface area contributed by atoms with Crippen LogP contribution in [0.15, 0.2) is 48.5 Å². The lowest BCUT2D eigenvalue weighted by molar-refractivity contribution is -0.0381. The number of rotatable bonds is 2. The number of hydrogen-bond acceptors (Lipinski definition) is 4. The minimum absolute atomic E-state index is 0.0237. The van der Waals surface area contributed by atoms with Gasteiger partial charge in [0.2, 0.25) is 0 Å². The first kappa shape index (κ1) is 18.8. The summed E-state index contributed by atoms with van der Waals surface area (Å²) in [5, 5.41) is 6.55. The van der Waals surface area contributed by atoms with Crippen molar-refractivity contribution in [3.8, 4) is 0 Å². The zero-order valence-corrected chi connectivity index (χ0v) is 16.7. The van der Waals surface area contributed by atoms with E-state index in [0.29, 0.717) is 5.92 Å². The lowest BCUT2D eigenvalue weighted by atomic mass is 9.77. The van der Waals surface area contributed by atoms with E-state index in [-0.39, 0.29) is 12.1 Å². The van der Waals surface area contributed by atoms with E-state index in [4.69, 9.17) is 9.47 Å². The smallest absolute Gasteiger partial charge is 0.412 e. The minimum Gasteiger partial charge on any atom is -0.444 e. The van der Waals surface area contributed by atoms with Crippen LogP contribution in [0.4, 0.5) is 16.2 Å². The lowest BCUT2D eigenvalue weighted by Gasteiger charge is -2.43. The van der Waals surface area contributed by atoms with Gasteiger partial charge in [-0.15, -0.1) is 0 Å². The van der Waals surface area contributed by atoms with Gasteiger partial charge in [-0.2, -0.15) is 0 Å². The van der Waals surface area contributed by atoms with E-state index >= 15 is 0 Å². The predicted octanol–water partition coefficient (Wildman–Crippen LogP) is 5.67. The largest absolute Gasteiger partial charge is 0.444 e. The van der Waals surface area contributed by atoms with Crippen molar-refractivity contribution in [1.82, 2.24) is 0 Å². The van der Waals surface area contributed by atoms with Crippen molar-refractivity contribution in [3.63, 3.8) is 0 Å². The second kappa shape index (κ2) is 7.47. The molecule has 3 atom stereocenters. The number of ether oxygens (including phenoxy) is 2. The number of fused-ring (bicyclic) bond motifs is 3. The first-order chi connectivity index (χ1) is 13.4. The van der Waals surface area contributed by atoms with Crippen molar-refractivity contribution in [2.24, 2.45) is 5.92 Å². The van der Waals surface area contributed by atoms with E-state index in [0.717, 1.165) is 36.4 Å². The molecule has 28 heavy (non-hydrogen) atoms. The van der Waals surface area contributed by atoms with Crippen molar-refractivity contribution in [2.45, 2.75) is 51.4 Å². The van der Waals surface area contributed by atoms with Crippen LogP contribution >= 0.6 is 0 Å². The Hall–Kier alpha value is -2.53. The highest BCUT2D eigenvalue weighted by atomic mass is 16.6. The van der Waals surface area contributed by atoms with Crippen LogP contribution in [0.3, 0.4) is 0 Å². The topological polar surface area (TPSA) is 59.6 Å². The van der Waals surface area contributed by atoms with E-state index in [1.165, 1.54) is 5.56 Å². The molecule has 148 valence electrons. The summed E-state index contributed by atoms with van der Waals surface area (Å²) in [5.74, 6) is 0.362. The molecule has 0 radical (unpaired) electrons. The van der Waals surface area contributed by atoms with Gasteiger partial charge in [-0.3, -0.25) is 5.32 Å². The number of nitrogens with one attached hydrogen (secondary N) is 2. The van der Waals surface area contributed by atoms with Crippen LogP contribution in [-0.2, 0) is 9.47 Å². The summed E-state index contributed by atoms with van der Waals surface area (Å²) in [6.07, 6.45) is 1.76. The molecular weight excluding hydrogens is 352 g/mol. The van der Waals surface area contributed by atoms with Gasteiger partial charge in [-0.05, 0) is 57.4 Å². The fourth-order valence-corrected chi connectivity index (χ4v) is 4.16. The van der Waals surface area contributed by atoms with Crippen LogP contribution in [0.1, 0.15) is 56.9 Å². The quantitative estimate of drug-likeness (QED) is 0.705. The Balaban J connectivity index is 1.61. The van der Waals surface area contributed by atoms with Gasteiger partial charge in [0.15, 0.2) is 0 Å². The van der Waals surface area contributed by atoms with Crippen molar-refractivity contribution in [2.75, 3.05) is 17.2 Å². The molecule has 2 aliphatic heterocycles. The summed E-state index contributed by atoms with van der Waals surface area (Å²) in [7, 11) is 0. The van der Waals surface area contributed by atoms with Crippen LogP contribution in [0.2, 0.25) is 0 Å². The molecule has 0 aliphatic carbocycles. The Kier molecular flexibility index (Phi) is 5.02. The van der Waals surface area contributed by atoms with Gasteiger partial charge in [-0.1, -0.05) is 30.3 Å². The molecule has 0 bridgehead atoms. The first-order valence-corrected chi connectivity index (χ1v) is 9.98. The first-order valence-electron chi connectivity index (χ1n) is 9.98. The van der Waals surface area contributed by atoms with Crippen molar-refractivity contribution < 1.29 is 14.3 Å². The van der Waals surface area contributed by atoms with Crippen LogP contribution in [-0.4, -0.2) is 18.3 Å². The summed E-state index contributed by atoms with van der Waals surface area (Å²) < 4.78 is 11.6. The second-order valence-corrected chi connectivity index (χ2v) is 8.56. The van der Waals surface area contributed by atoms with E-state index in [9.17, 15) is 4.79 Å². The molecular formula is C23H28N2O3. The summed E-state index contributed by atoms with van der Waals surface area (Å²) in [5.41, 5.74) is 3.64. The van der Waals surface area contributed by atoms with Gasteiger partial charge in [0.05, 0.1) is 12.1 Å². The Morgan fingerprint density at radius 3 is 2.71 bits per heavy atom. The molecule has 5 heteroatoms. The number of carbonyl (C=O) groups is 1. The molecule has 0 aromatic heterocycles. The maximum Gasteiger partial charge on any atom is 0.412 e. The van der Waals surface area contributed by atoms with E-state index in [1.807, 2.05) is 45.0 Å². The second-order valence-electron chi connectivity index (χ2n) is 8.56. The molecule has 0 spiro atoms. The fourth-order valence-electron chi connectivity index (χ4n) is 4.16. The third-order valence-electron chi connectivity index (χ3n) is 5.27. The molecule has 1 fully saturated rings. The van der Waals surface area contributed by atoms with Gasteiger partial charge in [0.1, 0.15) is 5.60 Å². The summed E-state index contributed by atoms with van der Waals surface area (Å²) in [4.78, 5) is 12.1. The van der Waals surface area contributed by atoms with Crippen LogP contribution in [0.5, 0.6) is 0 Å². The average Bonchev–Trinajstić information content (AvgIpc) is 2.66. The van der Waals surface area contributed by atoms with E-state index < -0.39 is 11.7 Å². The van der Waals surface area contributed by atoms with Gasteiger partial charge in [0, 0.05) is 29.5 Å². The molecule has 2 aromatic carbocycles. The standard InChI is InChI=1S/C23H28N2O3/c1-23(2,3)28-22(26)24-16-11-12-19-18(14-16)21-17(10-7-13-27-21)20(25-19)15-8-5-4-6-9-15/h4-6,8-9,11-12,14,17,20-21,25H,7,10,13H2,1-3H3,(H,24,26)/t17-,20+,21-/m0/s1. The van der Waals surface area contributed by atoms with Crippen LogP contribution < -0.4 is 10.6 Å². The van der Waals surface area contributed by atoms with Gasteiger partial charge in [-0.25, -0.2) is 4.79 Å². The zero-order chi connectivity index (χ0) is 19.7. The third kappa shape index (κ3) is 3.99. The monoisotopic (exact) mass is 380 g/mol. The Morgan fingerprint density at radius 2 is 1.96 bits per heavy atom. The Morgan fingerprint density at radius 1 is 1.18 bits per heavy atom.